The van der Waals surface area contributed by atoms with Crippen molar-refractivity contribution in [1.82, 2.24) is 9.78 Å². The number of aromatic nitrogens is 2. The number of aromatic carboxylic acids is 1. The van der Waals surface area contributed by atoms with Crippen LogP contribution in [0, 0.1) is 0 Å². The zero-order valence-electron chi connectivity index (χ0n) is 12.7. The summed E-state index contributed by atoms with van der Waals surface area (Å²) >= 11 is 6.07. The molecule has 0 fully saturated rings. The number of nitrogens with zero attached hydrogens (tertiary/aromatic N) is 2. The Bertz CT molecular complexity index is 846. The highest BCUT2D eigenvalue weighted by molar-refractivity contribution is 6.30. The summed E-state index contributed by atoms with van der Waals surface area (Å²) in [4.78, 5) is 10.8. The zero-order chi connectivity index (χ0) is 16.9. The van der Waals surface area contributed by atoms with E-state index in [1.54, 1.807) is 24.4 Å². The van der Waals surface area contributed by atoms with E-state index in [1.165, 1.54) is 10.7 Å². The molecule has 0 aliphatic rings. The SMILES string of the molecule is O=C([O-])c1ccn(Cc2cc(Cl)ccc2OCc2ccccc2)n1. The number of halogens is 1. The number of benzene rings is 2. The Hall–Kier alpha value is -2.79. The van der Waals surface area contributed by atoms with Gasteiger partial charge < -0.3 is 14.6 Å². The lowest BCUT2D eigenvalue weighted by Gasteiger charge is -2.12. The predicted molar refractivity (Wildman–Crippen MR) is 87.9 cm³/mol. The average Bonchev–Trinajstić information content (AvgIpc) is 3.04. The molecule has 0 unspecified atom stereocenters. The maximum atomic E-state index is 10.8. The van der Waals surface area contributed by atoms with Gasteiger partial charge in [0.05, 0.1) is 12.5 Å². The van der Waals surface area contributed by atoms with E-state index in [0.29, 0.717) is 23.9 Å². The third-order valence-corrected chi connectivity index (χ3v) is 3.68. The second-order valence-corrected chi connectivity index (χ2v) is 5.65. The fraction of sp³-hybridized carbons (Fsp3) is 0.111. The van der Waals surface area contributed by atoms with Crippen LogP contribution in [0.15, 0.2) is 60.8 Å². The first-order chi connectivity index (χ1) is 11.6. The van der Waals surface area contributed by atoms with Crippen LogP contribution in [-0.4, -0.2) is 15.7 Å². The molecule has 0 aliphatic carbocycles. The van der Waals surface area contributed by atoms with E-state index in [1.807, 2.05) is 30.3 Å². The highest BCUT2D eigenvalue weighted by Gasteiger charge is 2.08. The van der Waals surface area contributed by atoms with Gasteiger partial charge in [0, 0.05) is 16.8 Å². The lowest BCUT2D eigenvalue weighted by molar-refractivity contribution is -0.255. The van der Waals surface area contributed by atoms with Crippen molar-refractivity contribution in [3.63, 3.8) is 0 Å². The molecule has 3 rings (SSSR count). The molecular weight excluding hydrogens is 328 g/mol. The van der Waals surface area contributed by atoms with Crippen molar-refractivity contribution in [3.05, 3.63) is 82.6 Å². The molecule has 0 radical (unpaired) electrons. The number of ether oxygens (including phenoxy) is 1. The highest BCUT2D eigenvalue weighted by atomic mass is 35.5. The van der Waals surface area contributed by atoms with Gasteiger partial charge in [0.1, 0.15) is 18.1 Å². The molecular formula is C18H14ClN2O3-. The summed E-state index contributed by atoms with van der Waals surface area (Å²) in [6.07, 6.45) is 1.58. The van der Waals surface area contributed by atoms with Crippen LogP contribution in [0.5, 0.6) is 5.75 Å². The quantitative estimate of drug-likeness (QED) is 0.691. The van der Waals surface area contributed by atoms with Crippen LogP contribution in [0.1, 0.15) is 21.6 Å². The Labute approximate surface area is 144 Å². The van der Waals surface area contributed by atoms with Gasteiger partial charge >= 0.3 is 0 Å². The van der Waals surface area contributed by atoms with Gasteiger partial charge in [-0.1, -0.05) is 41.9 Å². The molecule has 0 saturated carbocycles. The summed E-state index contributed by atoms with van der Waals surface area (Å²) in [5, 5.41) is 15.3. The Kier molecular flexibility index (Phi) is 4.82. The van der Waals surface area contributed by atoms with E-state index in [2.05, 4.69) is 5.10 Å². The average molecular weight is 342 g/mol. The smallest absolute Gasteiger partial charge is 0.124 e. The predicted octanol–water partition coefficient (Wildman–Crippen LogP) is 2.53. The normalized spacial score (nSPS) is 10.5. The second-order valence-electron chi connectivity index (χ2n) is 5.21. The Balaban J connectivity index is 1.78. The van der Waals surface area contributed by atoms with E-state index >= 15 is 0 Å². The molecule has 1 heterocycles. The molecule has 0 saturated heterocycles. The van der Waals surface area contributed by atoms with Crippen molar-refractivity contribution >= 4 is 17.6 Å². The Morgan fingerprint density at radius 1 is 1.17 bits per heavy atom. The van der Waals surface area contributed by atoms with Crippen molar-refractivity contribution < 1.29 is 14.6 Å². The summed E-state index contributed by atoms with van der Waals surface area (Å²) in [5.74, 6) is -0.630. The first kappa shape index (κ1) is 16.1. The van der Waals surface area contributed by atoms with Crippen LogP contribution in [-0.2, 0) is 13.2 Å². The molecule has 0 bridgehead atoms. The number of carboxylic acids is 1. The van der Waals surface area contributed by atoms with E-state index in [9.17, 15) is 9.90 Å². The number of carbonyl (C=O) groups is 1. The Morgan fingerprint density at radius 2 is 1.96 bits per heavy atom. The molecule has 24 heavy (non-hydrogen) atoms. The van der Waals surface area contributed by atoms with Gasteiger partial charge in [-0.3, -0.25) is 4.68 Å². The van der Waals surface area contributed by atoms with Crippen molar-refractivity contribution in [2.45, 2.75) is 13.2 Å². The molecule has 0 aliphatic heterocycles. The molecule has 5 nitrogen and oxygen atoms in total. The molecule has 0 atom stereocenters. The fourth-order valence-corrected chi connectivity index (χ4v) is 2.48. The number of hydrogen-bond donors (Lipinski definition) is 0. The van der Waals surface area contributed by atoms with Gasteiger partial charge in [-0.25, -0.2) is 0 Å². The summed E-state index contributed by atoms with van der Waals surface area (Å²) in [7, 11) is 0. The number of rotatable bonds is 6. The molecule has 0 amide bonds. The van der Waals surface area contributed by atoms with Crippen molar-refractivity contribution in [2.24, 2.45) is 0 Å². The van der Waals surface area contributed by atoms with Gasteiger partial charge in [-0.05, 0) is 29.8 Å². The zero-order valence-corrected chi connectivity index (χ0v) is 13.4. The third kappa shape index (κ3) is 3.94. The maximum Gasteiger partial charge on any atom is 0.124 e. The minimum Gasteiger partial charge on any atom is -0.543 e. The van der Waals surface area contributed by atoms with Crippen molar-refractivity contribution in [2.75, 3.05) is 0 Å². The van der Waals surface area contributed by atoms with E-state index in [-0.39, 0.29) is 5.69 Å². The Morgan fingerprint density at radius 3 is 2.67 bits per heavy atom. The first-order valence-electron chi connectivity index (χ1n) is 7.32. The maximum absolute atomic E-state index is 10.8. The second kappa shape index (κ2) is 7.19. The molecule has 6 heteroatoms. The lowest BCUT2D eigenvalue weighted by Crippen LogP contribution is -2.23. The van der Waals surface area contributed by atoms with Gasteiger partial charge in [0.25, 0.3) is 0 Å². The molecule has 0 N–H and O–H groups in total. The standard InChI is InChI=1S/C18H15ClN2O3/c19-15-6-7-17(24-12-13-4-2-1-3-5-13)14(10-15)11-21-9-8-16(20-21)18(22)23/h1-10H,11-12H2,(H,22,23)/p-1. The summed E-state index contributed by atoms with van der Waals surface area (Å²) in [5.41, 5.74) is 1.76. The largest absolute Gasteiger partial charge is 0.543 e. The first-order valence-corrected chi connectivity index (χ1v) is 7.69. The van der Waals surface area contributed by atoms with Gasteiger partial charge in [0.15, 0.2) is 0 Å². The number of hydrogen-bond acceptors (Lipinski definition) is 4. The summed E-state index contributed by atoms with van der Waals surface area (Å²) in [6.45, 7) is 0.775. The van der Waals surface area contributed by atoms with Gasteiger partial charge in [-0.15, -0.1) is 0 Å². The topological polar surface area (TPSA) is 67.2 Å². The van der Waals surface area contributed by atoms with Crippen LogP contribution >= 0.6 is 11.6 Å². The molecule has 3 aromatic rings. The summed E-state index contributed by atoms with van der Waals surface area (Å²) in [6, 6.07) is 16.5. The van der Waals surface area contributed by atoms with Crippen LogP contribution < -0.4 is 9.84 Å². The fourth-order valence-electron chi connectivity index (χ4n) is 2.28. The molecule has 0 spiro atoms. The highest BCUT2D eigenvalue weighted by Crippen LogP contribution is 2.24. The van der Waals surface area contributed by atoms with Crippen LogP contribution in [0.25, 0.3) is 0 Å². The monoisotopic (exact) mass is 341 g/mol. The van der Waals surface area contributed by atoms with Crippen LogP contribution in [0.3, 0.4) is 0 Å². The van der Waals surface area contributed by atoms with E-state index in [4.69, 9.17) is 16.3 Å². The van der Waals surface area contributed by atoms with Gasteiger partial charge in [-0.2, -0.15) is 5.10 Å². The van der Waals surface area contributed by atoms with Crippen LogP contribution in [0.2, 0.25) is 5.02 Å². The number of carboxylic acid groups (broad SMARTS) is 1. The van der Waals surface area contributed by atoms with E-state index in [0.717, 1.165) is 11.1 Å². The molecule has 2 aromatic carbocycles. The minimum absolute atomic E-state index is 0.108. The number of carbonyl (C=O) groups excluding carboxylic acids is 1. The summed E-state index contributed by atoms with van der Waals surface area (Å²) < 4.78 is 7.38. The van der Waals surface area contributed by atoms with Crippen molar-refractivity contribution in [1.29, 1.82) is 0 Å². The van der Waals surface area contributed by atoms with Gasteiger partial charge in [0.2, 0.25) is 0 Å². The van der Waals surface area contributed by atoms with E-state index < -0.39 is 5.97 Å². The third-order valence-electron chi connectivity index (χ3n) is 3.44. The van der Waals surface area contributed by atoms with Crippen molar-refractivity contribution in [3.8, 4) is 5.75 Å². The lowest BCUT2D eigenvalue weighted by atomic mass is 10.2. The molecule has 1 aromatic heterocycles. The molecule has 122 valence electrons. The minimum atomic E-state index is -1.31. The van der Waals surface area contributed by atoms with Crippen LogP contribution in [0.4, 0.5) is 0 Å².